The third-order valence-electron chi connectivity index (χ3n) is 2.22. The molecule has 0 bridgehead atoms. The van der Waals surface area contributed by atoms with Crippen LogP contribution in [0.1, 0.15) is 6.42 Å². The summed E-state index contributed by atoms with van der Waals surface area (Å²) in [6, 6.07) is 9.07. The van der Waals surface area contributed by atoms with Gasteiger partial charge in [-0.2, -0.15) is 5.26 Å². The molecule has 17 heavy (non-hydrogen) atoms. The van der Waals surface area contributed by atoms with Gasteiger partial charge in [-0.25, -0.2) is 0 Å². The fourth-order valence-corrected chi connectivity index (χ4v) is 1.47. The lowest BCUT2D eigenvalue weighted by Gasteiger charge is -1.89. The van der Waals surface area contributed by atoms with E-state index in [1.807, 2.05) is 24.3 Å². The van der Waals surface area contributed by atoms with E-state index in [-0.39, 0.29) is 6.42 Å². The molecular formula is C11H9N5O. The van der Waals surface area contributed by atoms with Crippen molar-refractivity contribution in [2.75, 3.05) is 5.73 Å². The Balaban J connectivity index is 2.37. The smallest absolute Gasteiger partial charge is 0.278 e. The number of nitrogens with one attached hydrogen (secondary N) is 1. The van der Waals surface area contributed by atoms with Crippen LogP contribution in [0.4, 0.5) is 11.6 Å². The Hall–Kier alpha value is -2.68. The second-order valence-corrected chi connectivity index (χ2v) is 3.36. The molecule has 3 N–H and O–H groups in total. The molecule has 6 nitrogen and oxygen atoms in total. The fourth-order valence-electron chi connectivity index (χ4n) is 1.47. The van der Waals surface area contributed by atoms with Gasteiger partial charge in [0.1, 0.15) is 12.2 Å². The quantitative estimate of drug-likeness (QED) is 0.768. The number of amides is 1. The summed E-state index contributed by atoms with van der Waals surface area (Å²) < 4.78 is 0. The highest BCUT2D eigenvalue weighted by atomic mass is 16.1. The van der Waals surface area contributed by atoms with Crippen LogP contribution < -0.4 is 5.73 Å². The van der Waals surface area contributed by atoms with Gasteiger partial charge in [0.05, 0.1) is 6.07 Å². The molecule has 0 unspecified atom stereocenters. The number of anilines is 1. The maximum Gasteiger partial charge on any atom is 0.278 e. The van der Waals surface area contributed by atoms with E-state index in [2.05, 4.69) is 15.2 Å². The van der Waals surface area contributed by atoms with E-state index in [1.165, 1.54) is 0 Å². The number of nitriles is 1. The molecule has 0 saturated heterocycles. The average Bonchev–Trinajstić information content (AvgIpc) is 2.65. The SMILES string of the molecule is N#CCC(=O)N=Nc1[nH]c(N)c2ccccc12. The van der Waals surface area contributed by atoms with Crippen molar-refractivity contribution in [3.05, 3.63) is 24.3 Å². The number of nitrogen functional groups attached to an aromatic ring is 1. The van der Waals surface area contributed by atoms with Gasteiger partial charge in [-0.15, -0.1) is 10.2 Å². The zero-order valence-corrected chi connectivity index (χ0v) is 8.84. The minimum absolute atomic E-state index is 0.280. The number of nitrogens with zero attached hydrogens (tertiary/aromatic N) is 3. The van der Waals surface area contributed by atoms with E-state index >= 15 is 0 Å². The third kappa shape index (κ3) is 2.13. The first kappa shape index (κ1) is 10.8. The summed E-state index contributed by atoms with van der Waals surface area (Å²) in [5.41, 5.74) is 5.75. The molecule has 1 aromatic heterocycles. The van der Waals surface area contributed by atoms with Crippen molar-refractivity contribution in [1.29, 1.82) is 5.26 Å². The topological polar surface area (TPSA) is 107 Å². The Labute approximate surface area is 96.8 Å². The van der Waals surface area contributed by atoms with Gasteiger partial charge in [0.25, 0.3) is 5.91 Å². The van der Waals surface area contributed by atoms with Crippen LogP contribution in [0.25, 0.3) is 10.8 Å². The zero-order valence-electron chi connectivity index (χ0n) is 8.84. The molecule has 2 aromatic rings. The average molecular weight is 227 g/mol. The number of fused-ring (bicyclic) bond motifs is 1. The van der Waals surface area contributed by atoms with Crippen molar-refractivity contribution in [2.24, 2.45) is 10.2 Å². The summed E-state index contributed by atoms with van der Waals surface area (Å²) in [6.45, 7) is 0. The van der Waals surface area contributed by atoms with E-state index in [9.17, 15) is 4.79 Å². The minimum Gasteiger partial charge on any atom is -0.385 e. The second kappa shape index (κ2) is 4.45. The normalized spacial score (nSPS) is 10.8. The number of azo groups is 1. The molecule has 0 fully saturated rings. The molecule has 0 aliphatic heterocycles. The highest BCUT2D eigenvalue weighted by molar-refractivity contribution is 5.99. The van der Waals surface area contributed by atoms with Crippen LogP contribution in [-0.2, 0) is 4.79 Å². The van der Waals surface area contributed by atoms with Crippen molar-refractivity contribution in [3.63, 3.8) is 0 Å². The minimum atomic E-state index is -0.579. The summed E-state index contributed by atoms with van der Waals surface area (Å²) in [4.78, 5) is 13.9. The van der Waals surface area contributed by atoms with Crippen LogP contribution in [0.15, 0.2) is 34.5 Å². The molecular weight excluding hydrogens is 218 g/mol. The first-order valence-corrected chi connectivity index (χ1v) is 4.90. The monoisotopic (exact) mass is 227 g/mol. The summed E-state index contributed by atoms with van der Waals surface area (Å²) in [5, 5.41) is 17.1. The van der Waals surface area contributed by atoms with Crippen molar-refractivity contribution < 1.29 is 4.79 Å². The number of H-pyrrole nitrogens is 1. The number of nitrogens with two attached hydrogens (primary N) is 1. The summed E-state index contributed by atoms with van der Waals surface area (Å²) in [6.07, 6.45) is -0.280. The van der Waals surface area contributed by atoms with Crippen LogP contribution in [-0.4, -0.2) is 10.9 Å². The number of hydrogen-bond donors (Lipinski definition) is 2. The molecule has 1 aromatic carbocycles. The lowest BCUT2D eigenvalue weighted by Crippen LogP contribution is -1.87. The molecule has 0 aliphatic carbocycles. The van der Waals surface area contributed by atoms with Gasteiger partial charge < -0.3 is 10.7 Å². The number of aromatic nitrogens is 1. The number of hydrogen-bond acceptors (Lipinski definition) is 4. The first-order valence-electron chi connectivity index (χ1n) is 4.90. The molecule has 1 heterocycles. The van der Waals surface area contributed by atoms with Gasteiger partial charge in [-0.1, -0.05) is 24.3 Å². The molecule has 84 valence electrons. The Morgan fingerprint density at radius 3 is 2.82 bits per heavy atom. The Morgan fingerprint density at radius 1 is 1.41 bits per heavy atom. The predicted octanol–water partition coefficient (Wildman–Crippen LogP) is 2.27. The summed E-state index contributed by atoms with van der Waals surface area (Å²) in [7, 11) is 0. The number of carbonyl (C=O) groups is 1. The molecule has 0 aliphatic rings. The van der Waals surface area contributed by atoms with E-state index in [4.69, 9.17) is 11.0 Å². The maximum absolute atomic E-state index is 11.0. The highest BCUT2D eigenvalue weighted by Gasteiger charge is 2.06. The maximum atomic E-state index is 11.0. The molecule has 0 spiro atoms. The summed E-state index contributed by atoms with van der Waals surface area (Å²) >= 11 is 0. The largest absolute Gasteiger partial charge is 0.385 e. The molecule has 0 atom stereocenters. The van der Waals surface area contributed by atoms with E-state index in [0.717, 1.165) is 10.8 Å². The van der Waals surface area contributed by atoms with Crippen LogP contribution in [0.5, 0.6) is 0 Å². The number of benzene rings is 1. The standard InChI is InChI=1S/C11H9N5O/c12-6-5-9(17)15-16-11-8-4-2-1-3-7(8)10(13)14-11/h1-4,14H,5,13H2. The van der Waals surface area contributed by atoms with Gasteiger partial charge in [0, 0.05) is 10.8 Å². The Kier molecular flexibility index (Phi) is 2.83. The number of aromatic amines is 1. The fraction of sp³-hybridized carbons (Fsp3) is 0.0909. The van der Waals surface area contributed by atoms with E-state index in [0.29, 0.717) is 11.6 Å². The predicted molar refractivity (Wildman–Crippen MR) is 62.5 cm³/mol. The van der Waals surface area contributed by atoms with Gasteiger partial charge in [-0.05, 0) is 0 Å². The molecule has 2 rings (SSSR count). The van der Waals surface area contributed by atoms with Crippen molar-refractivity contribution in [3.8, 4) is 6.07 Å². The number of carbonyl (C=O) groups excluding carboxylic acids is 1. The van der Waals surface area contributed by atoms with Gasteiger partial charge in [0.2, 0.25) is 0 Å². The number of rotatable bonds is 2. The van der Waals surface area contributed by atoms with E-state index < -0.39 is 5.91 Å². The second-order valence-electron chi connectivity index (χ2n) is 3.36. The van der Waals surface area contributed by atoms with Crippen molar-refractivity contribution in [2.45, 2.75) is 6.42 Å². The molecule has 0 radical (unpaired) electrons. The molecule has 1 amide bonds. The molecule has 0 saturated carbocycles. The van der Waals surface area contributed by atoms with Crippen molar-refractivity contribution >= 4 is 28.3 Å². The lowest BCUT2D eigenvalue weighted by molar-refractivity contribution is -0.117. The highest BCUT2D eigenvalue weighted by Crippen LogP contribution is 2.30. The third-order valence-corrected chi connectivity index (χ3v) is 2.22. The van der Waals surface area contributed by atoms with Crippen LogP contribution >= 0.6 is 0 Å². The Bertz CT molecular complexity index is 635. The van der Waals surface area contributed by atoms with Gasteiger partial charge >= 0.3 is 0 Å². The lowest BCUT2D eigenvalue weighted by atomic mass is 10.2. The van der Waals surface area contributed by atoms with Crippen LogP contribution in [0, 0.1) is 11.3 Å². The Morgan fingerprint density at radius 2 is 2.12 bits per heavy atom. The van der Waals surface area contributed by atoms with Gasteiger partial charge in [-0.3, -0.25) is 4.79 Å². The van der Waals surface area contributed by atoms with E-state index in [1.54, 1.807) is 6.07 Å². The first-order chi connectivity index (χ1) is 8.22. The van der Waals surface area contributed by atoms with Gasteiger partial charge in [0.15, 0.2) is 5.82 Å². The van der Waals surface area contributed by atoms with Crippen LogP contribution in [0.2, 0.25) is 0 Å². The molecule has 6 heteroatoms. The van der Waals surface area contributed by atoms with Crippen LogP contribution in [0.3, 0.4) is 0 Å². The zero-order chi connectivity index (χ0) is 12.3. The van der Waals surface area contributed by atoms with Crippen molar-refractivity contribution in [1.82, 2.24) is 4.98 Å². The summed E-state index contributed by atoms with van der Waals surface area (Å²) in [5.74, 6) is 0.316.